The van der Waals surface area contributed by atoms with E-state index in [1.165, 1.54) is 6.42 Å². The van der Waals surface area contributed by atoms with Crippen LogP contribution in [0.5, 0.6) is 0 Å². The number of carbonyl (C=O) groups excluding carboxylic acids is 2. The summed E-state index contributed by atoms with van der Waals surface area (Å²) < 4.78 is 6.48. The third-order valence-electron chi connectivity index (χ3n) is 7.50. The molecule has 9 heteroatoms. The SMILES string of the molecule is CC.CCC(C)C.CCc1ccc2c(=O)n(-c3ccc(CC(NC(=O)C4=C(C)CCC=C4Cl)C(=O)OC(C)C)cc3)c(=O)[nH]c2c1. The summed E-state index contributed by atoms with van der Waals surface area (Å²) in [6.45, 7) is 18.0. The third-order valence-corrected chi connectivity index (χ3v) is 7.84. The normalized spacial score (nSPS) is 13.3. The lowest BCUT2D eigenvalue weighted by Crippen LogP contribution is -2.45. The van der Waals surface area contributed by atoms with E-state index in [9.17, 15) is 19.2 Å². The van der Waals surface area contributed by atoms with E-state index in [0.29, 0.717) is 39.2 Å². The molecule has 0 aliphatic heterocycles. The van der Waals surface area contributed by atoms with E-state index in [0.717, 1.165) is 34.5 Å². The molecule has 0 fully saturated rings. The summed E-state index contributed by atoms with van der Waals surface area (Å²) in [6, 6.07) is 11.1. The van der Waals surface area contributed by atoms with Crippen molar-refractivity contribution in [3.05, 3.63) is 96.7 Å². The molecule has 3 aromatic rings. The first-order chi connectivity index (χ1) is 21.9. The molecule has 0 saturated carbocycles. The fourth-order valence-electron chi connectivity index (χ4n) is 4.62. The van der Waals surface area contributed by atoms with Gasteiger partial charge in [-0.05, 0) is 81.3 Å². The molecule has 1 atom stereocenters. The molecule has 250 valence electrons. The molecule has 1 heterocycles. The van der Waals surface area contributed by atoms with Crippen LogP contribution in [-0.2, 0) is 27.2 Å². The Morgan fingerprint density at radius 1 is 1.00 bits per heavy atom. The Bertz CT molecular complexity index is 1660. The second-order valence-electron chi connectivity index (χ2n) is 11.7. The Hall–Kier alpha value is -3.91. The van der Waals surface area contributed by atoms with Gasteiger partial charge in [-0.3, -0.25) is 9.59 Å². The van der Waals surface area contributed by atoms with Gasteiger partial charge in [-0.15, -0.1) is 0 Å². The molecule has 4 rings (SSSR count). The minimum absolute atomic E-state index is 0.147. The van der Waals surface area contributed by atoms with Crippen LogP contribution in [-0.4, -0.2) is 33.6 Å². The summed E-state index contributed by atoms with van der Waals surface area (Å²) in [6.07, 6.45) is 5.15. The van der Waals surface area contributed by atoms with Gasteiger partial charge in [0.05, 0.1) is 28.3 Å². The Kier molecular flexibility index (Phi) is 15.2. The van der Waals surface area contributed by atoms with E-state index in [2.05, 4.69) is 31.1 Å². The third kappa shape index (κ3) is 10.3. The van der Waals surface area contributed by atoms with Gasteiger partial charge in [0, 0.05) is 11.5 Å². The monoisotopic (exact) mass is 651 g/mol. The van der Waals surface area contributed by atoms with Crippen LogP contribution >= 0.6 is 11.6 Å². The molecule has 1 amide bonds. The second-order valence-corrected chi connectivity index (χ2v) is 12.1. The highest BCUT2D eigenvalue weighted by Crippen LogP contribution is 2.28. The first-order valence-electron chi connectivity index (χ1n) is 16.3. The van der Waals surface area contributed by atoms with Crippen molar-refractivity contribution in [1.82, 2.24) is 14.9 Å². The molecule has 2 N–H and O–H groups in total. The number of nitrogens with one attached hydrogen (secondary N) is 2. The number of benzene rings is 2. The topological polar surface area (TPSA) is 110 Å². The van der Waals surface area contributed by atoms with E-state index in [4.69, 9.17) is 16.3 Å². The van der Waals surface area contributed by atoms with E-state index in [1.54, 1.807) is 50.3 Å². The molecule has 1 aliphatic rings. The van der Waals surface area contributed by atoms with Crippen molar-refractivity contribution >= 4 is 34.4 Å². The van der Waals surface area contributed by atoms with Gasteiger partial charge in [0.25, 0.3) is 11.5 Å². The number of amides is 1. The van der Waals surface area contributed by atoms with E-state index < -0.39 is 29.2 Å². The number of H-pyrrole nitrogens is 1. The summed E-state index contributed by atoms with van der Waals surface area (Å²) in [4.78, 5) is 54.7. The summed E-state index contributed by atoms with van der Waals surface area (Å²) >= 11 is 6.30. The number of hydrogen-bond acceptors (Lipinski definition) is 5. The van der Waals surface area contributed by atoms with Gasteiger partial charge in [-0.2, -0.15) is 0 Å². The number of hydrogen-bond donors (Lipinski definition) is 2. The molecule has 8 nitrogen and oxygen atoms in total. The number of esters is 1. The van der Waals surface area contributed by atoms with Gasteiger partial charge in [-0.25, -0.2) is 14.2 Å². The van der Waals surface area contributed by atoms with Gasteiger partial charge in [-0.1, -0.05) is 89.4 Å². The highest BCUT2D eigenvalue weighted by Gasteiger charge is 2.27. The average Bonchev–Trinajstić information content (AvgIpc) is 3.02. The summed E-state index contributed by atoms with van der Waals surface area (Å²) in [7, 11) is 0. The molecule has 1 aliphatic carbocycles. The summed E-state index contributed by atoms with van der Waals surface area (Å²) in [5, 5.41) is 3.57. The van der Waals surface area contributed by atoms with Crippen LogP contribution in [0.3, 0.4) is 0 Å². The standard InChI is InChI=1S/C30H32ClN3O5.C5H12.C2H6/c1-5-19-11-14-22-24(15-19)33-30(38)34(28(22)36)21-12-9-20(10-13-21)16-25(29(37)39-17(2)3)32-27(35)26-18(4)7-6-8-23(26)31;1-4-5(2)3;1-2/h8-15,17,25H,5-7,16H2,1-4H3,(H,32,35)(H,33,38);5H,4H2,1-3H3;1-2H3. The van der Waals surface area contributed by atoms with Crippen LogP contribution < -0.4 is 16.6 Å². The number of fused-ring (bicyclic) bond motifs is 1. The van der Waals surface area contributed by atoms with Gasteiger partial charge < -0.3 is 15.0 Å². The Labute approximate surface area is 277 Å². The summed E-state index contributed by atoms with van der Waals surface area (Å²) in [5.41, 5.74) is 2.88. The first-order valence-corrected chi connectivity index (χ1v) is 16.7. The lowest BCUT2D eigenvalue weighted by atomic mass is 9.97. The van der Waals surface area contributed by atoms with Crippen LogP contribution in [0.1, 0.15) is 92.7 Å². The maximum atomic E-state index is 13.1. The first kappa shape index (κ1) is 38.3. The fourth-order valence-corrected chi connectivity index (χ4v) is 4.98. The number of aromatic amines is 1. The van der Waals surface area contributed by atoms with Crippen molar-refractivity contribution in [1.29, 1.82) is 0 Å². The van der Waals surface area contributed by atoms with Crippen LogP contribution in [0.2, 0.25) is 0 Å². The zero-order valence-corrected chi connectivity index (χ0v) is 29.5. The quantitative estimate of drug-likeness (QED) is 0.232. The number of rotatable bonds is 9. The number of allylic oxidation sites excluding steroid dienone is 2. The minimum atomic E-state index is -0.961. The van der Waals surface area contributed by atoms with E-state index >= 15 is 0 Å². The molecule has 1 unspecified atom stereocenters. The van der Waals surface area contributed by atoms with Crippen molar-refractivity contribution in [2.45, 2.75) is 107 Å². The number of carbonyl (C=O) groups is 2. The molecular weight excluding hydrogens is 602 g/mol. The van der Waals surface area contributed by atoms with Gasteiger partial charge in [0.15, 0.2) is 0 Å². The fraction of sp³-hybridized carbons (Fsp3) is 0.459. The van der Waals surface area contributed by atoms with Crippen molar-refractivity contribution in [3.63, 3.8) is 0 Å². The molecule has 0 radical (unpaired) electrons. The minimum Gasteiger partial charge on any atom is -0.461 e. The molecule has 46 heavy (non-hydrogen) atoms. The lowest BCUT2D eigenvalue weighted by Gasteiger charge is -2.22. The number of halogens is 1. The molecular formula is C37H50ClN3O5. The van der Waals surface area contributed by atoms with Crippen LogP contribution in [0.15, 0.2) is 74.3 Å². The van der Waals surface area contributed by atoms with Crippen molar-refractivity contribution in [3.8, 4) is 5.69 Å². The molecule has 1 aromatic heterocycles. The van der Waals surface area contributed by atoms with Gasteiger partial charge >= 0.3 is 11.7 Å². The average molecular weight is 652 g/mol. The predicted octanol–water partition coefficient (Wildman–Crippen LogP) is 7.53. The largest absolute Gasteiger partial charge is 0.461 e. The summed E-state index contributed by atoms with van der Waals surface area (Å²) in [5.74, 6) is -0.114. The molecule has 0 bridgehead atoms. The van der Waals surface area contributed by atoms with Crippen LogP contribution in [0.25, 0.3) is 16.6 Å². The van der Waals surface area contributed by atoms with Crippen LogP contribution in [0, 0.1) is 5.92 Å². The van der Waals surface area contributed by atoms with Crippen molar-refractivity contribution < 1.29 is 14.3 Å². The molecule has 2 aromatic carbocycles. The highest BCUT2D eigenvalue weighted by atomic mass is 35.5. The second kappa shape index (κ2) is 18.3. The predicted molar refractivity (Wildman–Crippen MR) is 189 cm³/mol. The zero-order chi connectivity index (χ0) is 34.6. The van der Waals surface area contributed by atoms with Crippen LogP contribution in [0.4, 0.5) is 0 Å². The Balaban J connectivity index is 0.000000959. The van der Waals surface area contributed by atoms with E-state index in [-0.39, 0.29) is 12.5 Å². The number of nitrogens with zero attached hydrogens (tertiary/aromatic N) is 1. The zero-order valence-electron chi connectivity index (χ0n) is 28.8. The Morgan fingerprint density at radius 3 is 2.15 bits per heavy atom. The van der Waals surface area contributed by atoms with Gasteiger partial charge in [0.2, 0.25) is 0 Å². The number of ether oxygens (including phenoxy) is 1. The van der Waals surface area contributed by atoms with Crippen molar-refractivity contribution in [2.24, 2.45) is 5.92 Å². The highest BCUT2D eigenvalue weighted by molar-refractivity contribution is 6.35. The number of aryl methyl sites for hydroxylation is 1. The number of aromatic nitrogens is 2. The molecule has 0 spiro atoms. The van der Waals surface area contributed by atoms with Crippen molar-refractivity contribution in [2.75, 3.05) is 0 Å². The molecule has 0 saturated heterocycles. The Morgan fingerprint density at radius 2 is 1.61 bits per heavy atom. The van der Waals surface area contributed by atoms with Gasteiger partial charge in [0.1, 0.15) is 6.04 Å². The lowest BCUT2D eigenvalue weighted by molar-refractivity contribution is -0.151. The maximum absolute atomic E-state index is 13.1. The van der Waals surface area contributed by atoms with E-state index in [1.807, 2.05) is 39.8 Å². The smallest absolute Gasteiger partial charge is 0.333 e. The maximum Gasteiger partial charge on any atom is 0.333 e.